The fourth-order valence-corrected chi connectivity index (χ4v) is 2.05. The van der Waals surface area contributed by atoms with Gasteiger partial charge in [-0.05, 0) is 19.8 Å². The van der Waals surface area contributed by atoms with Crippen LogP contribution in [0.5, 0.6) is 0 Å². The van der Waals surface area contributed by atoms with Gasteiger partial charge >= 0.3 is 6.18 Å². The molecule has 0 radical (unpaired) electrons. The molecule has 88 valence electrons. The third-order valence-corrected chi connectivity index (χ3v) is 2.72. The number of halogens is 3. The first-order chi connectivity index (χ1) is 7.45. The predicted octanol–water partition coefficient (Wildman–Crippen LogP) is 2.44. The van der Waals surface area contributed by atoms with Crippen LogP contribution in [0.4, 0.5) is 13.2 Å². The van der Waals surface area contributed by atoms with Gasteiger partial charge in [0, 0.05) is 18.7 Å². The number of ketones is 1. The molecule has 16 heavy (non-hydrogen) atoms. The van der Waals surface area contributed by atoms with Crippen molar-refractivity contribution in [1.82, 2.24) is 9.78 Å². The number of hydrogen-bond acceptors (Lipinski definition) is 2. The number of rotatable bonds is 1. The van der Waals surface area contributed by atoms with Crippen LogP contribution in [-0.2, 0) is 19.1 Å². The Morgan fingerprint density at radius 1 is 1.38 bits per heavy atom. The van der Waals surface area contributed by atoms with Crippen LogP contribution in [0.2, 0.25) is 0 Å². The van der Waals surface area contributed by atoms with Gasteiger partial charge in [-0.15, -0.1) is 0 Å². The number of nitrogens with zero attached hydrogens (tertiary/aromatic N) is 2. The molecule has 0 atom stereocenters. The maximum atomic E-state index is 12.7. The van der Waals surface area contributed by atoms with E-state index in [1.807, 2.05) is 0 Å². The molecule has 1 aromatic heterocycles. The number of carbonyl (C=O) groups excluding carboxylic acids is 1. The minimum Gasteiger partial charge on any atom is -0.294 e. The van der Waals surface area contributed by atoms with Crippen molar-refractivity contribution >= 4 is 5.78 Å². The van der Waals surface area contributed by atoms with Crippen LogP contribution in [-0.4, -0.2) is 15.6 Å². The maximum Gasteiger partial charge on any atom is 0.435 e. The second-order valence-corrected chi connectivity index (χ2v) is 3.76. The number of alkyl halides is 3. The highest BCUT2D eigenvalue weighted by atomic mass is 19.4. The Bertz CT molecular complexity index is 434. The van der Waals surface area contributed by atoms with Gasteiger partial charge in [0.25, 0.3) is 0 Å². The van der Waals surface area contributed by atoms with E-state index in [1.165, 1.54) is 4.68 Å². The SMILES string of the molecule is CCn1nc(C(F)(F)F)c2c1CCCC2=O. The van der Waals surface area contributed by atoms with E-state index < -0.39 is 17.7 Å². The van der Waals surface area contributed by atoms with Gasteiger partial charge in [-0.2, -0.15) is 18.3 Å². The molecule has 2 rings (SSSR count). The lowest BCUT2D eigenvalue weighted by atomic mass is 9.94. The zero-order chi connectivity index (χ0) is 11.9. The molecule has 0 bridgehead atoms. The summed E-state index contributed by atoms with van der Waals surface area (Å²) in [4.78, 5) is 11.5. The summed E-state index contributed by atoms with van der Waals surface area (Å²) < 4.78 is 39.3. The highest BCUT2D eigenvalue weighted by Crippen LogP contribution is 2.35. The lowest BCUT2D eigenvalue weighted by molar-refractivity contribution is -0.141. The number of aromatic nitrogens is 2. The minimum atomic E-state index is -4.54. The van der Waals surface area contributed by atoms with E-state index >= 15 is 0 Å². The van der Waals surface area contributed by atoms with Crippen molar-refractivity contribution in [2.45, 2.75) is 38.9 Å². The topological polar surface area (TPSA) is 34.9 Å². The molecule has 0 saturated heterocycles. The summed E-state index contributed by atoms with van der Waals surface area (Å²) in [7, 11) is 0. The molecule has 1 aromatic rings. The second kappa shape index (κ2) is 3.61. The first-order valence-corrected chi connectivity index (χ1v) is 5.15. The van der Waals surface area contributed by atoms with Gasteiger partial charge in [0.2, 0.25) is 0 Å². The highest BCUT2D eigenvalue weighted by Gasteiger charge is 2.41. The normalized spacial score (nSPS) is 16.4. The first kappa shape index (κ1) is 11.2. The zero-order valence-corrected chi connectivity index (χ0v) is 8.76. The second-order valence-electron chi connectivity index (χ2n) is 3.76. The van der Waals surface area contributed by atoms with Gasteiger partial charge in [0.15, 0.2) is 11.5 Å². The van der Waals surface area contributed by atoms with Crippen molar-refractivity contribution in [3.05, 3.63) is 17.0 Å². The van der Waals surface area contributed by atoms with Crippen LogP contribution < -0.4 is 0 Å². The van der Waals surface area contributed by atoms with Crippen LogP contribution in [0.3, 0.4) is 0 Å². The van der Waals surface area contributed by atoms with E-state index in [2.05, 4.69) is 5.10 Å². The molecule has 1 aliphatic rings. The van der Waals surface area contributed by atoms with Crippen LogP contribution >= 0.6 is 0 Å². The standard InChI is InChI=1S/C10H11F3N2O/c1-2-15-6-4-3-5-7(16)8(6)9(14-15)10(11,12)13/h2-5H2,1H3. The van der Waals surface area contributed by atoms with Crippen molar-refractivity contribution in [3.8, 4) is 0 Å². The Balaban J connectivity index is 2.63. The molecular formula is C10H11F3N2O. The van der Waals surface area contributed by atoms with Gasteiger partial charge in [-0.3, -0.25) is 9.48 Å². The summed E-state index contributed by atoms with van der Waals surface area (Å²) in [5.41, 5.74) is -0.791. The van der Waals surface area contributed by atoms with E-state index in [1.54, 1.807) is 6.92 Å². The number of aryl methyl sites for hydroxylation is 1. The molecule has 0 spiro atoms. The molecular weight excluding hydrogens is 221 g/mol. The molecule has 0 N–H and O–H groups in total. The third-order valence-electron chi connectivity index (χ3n) is 2.72. The molecule has 0 aromatic carbocycles. The van der Waals surface area contributed by atoms with Gasteiger partial charge in [-0.25, -0.2) is 0 Å². The summed E-state index contributed by atoms with van der Waals surface area (Å²) in [6, 6.07) is 0. The Morgan fingerprint density at radius 3 is 2.62 bits per heavy atom. The molecule has 0 unspecified atom stereocenters. The number of Topliss-reactive ketones (excluding diaryl/α,β-unsaturated/α-hetero) is 1. The molecule has 1 heterocycles. The van der Waals surface area contributed by atoms with Crippen molar-refractivity contribution < 1.29 is 18.0 Å². The number of fused-ring (bicyclic) bond motifs is 1. The van der Waals surface area contributed by atoms with E-state index in [-0.39, 0.29) is 12.0 Å². The van der Waals surface area contributed by atoms with Gasteiger partial charge in [-0.1, -0.05) is 0 Å². The van der Waals surface area contributed by atoms with Gasteiger partial charge in [0.05, 0.1) is 5.56 Å². The molecule has 3 nitrogen and oxygen atoms in total. The summed E-state index contributed by atoms with van der Waals surface area (Å²) in [6.45, 7) is 2.07. The number of carbonyl (C=O) groups is 1. The van der Waals surface area contributed by atoms with Gasteiger partial charge < -0.3 is 0 Å². The monoisotopic (exact) mass is 232 g/mol. The Hall–Kier alpha value is -1.33. The quantitative estimate of drug-likeness (QED) is 0.745. The molecule has 6 heteroatoms. The van der Waals surface area contributed by atoms with E-state index in [0.29, 0.717) is 25.1 Å². The summed E-state index contributed by atoms with van der Waals surface area (Å²) >= 11 is 0. The smallest absolute Gasteiger partial charge is 0.294 e. The summed E-state index contributed by atoms with van der Waals surface area (Å²) in [5.74, 6) is -0.437. The lowest BCUT2D eigenvalue weighted by Crippen LogP contribution is -2.16. The van der Waals surface area contributed by atoms with Crippen LogP contribution in [0.25, 0.3) is 0 Å². The molecule has 0 fully saturated rings. The zero-order valence-electron chi connectivity index (χ0n) is 8.76. The Morgan fingerprint density at radius 2 is 2.06 bits per heavy atom. The highest BCUT2D eigenvalue weighted by molar-refractivity contribution is 5.99. The molecule has 0 amide bonds. The predicted molar refractivity (Wildman–Crippen MR) is 50.2 cm³/mol. The van der Waals surface area contributed by atoms with Crippen molar-refractivity contribution in [2.24, 2.45) is 0 Å². The average Bonchev–Trinajstić information content (AvgIpc) is 2.57. The molecule has 1 aliphatic carbocycles. The van der Waals surface area contributed by atoms with Crippen molar-refractivity contribution in [2.75, 3.05) is 0 Å². The van der Waals surface area contributed by atoms with E-state index in [4.69, 9.17) is 0 Å². The molecule has 0 saturated carbocycles. The first-order valence-electron chi connectivity index (χ1n) is 5.15. The van der Waals surface area contributed by atoms with Crippen LogP contribution in [0.1, 0.15) is 41.5 Å². The third kappa shape index (κ3) is 1.62. The Kier molecular flexibility index (Phi) is 2.52. The summed E-state index contributed by atoms with van der Waals surface area (Å²) in [6.07, 6.45) is -3.25. The number of hydrogen-bond donors (Lipinski definition) is 0. The largest absolute Gasteiger partial charge is 0.435 e. The van der Waals surface area contributed by atoms with E-state index in [0.717, 1.165) is 0 Å². The van der Waals surface area contributed by atoms with Crippen LogP contribution in [0, 0.1) is 0 Å². The summed E-state index contributed by atoms with van der Waals surface area (Å²) in [5, 5.41) is 3.50. The fraction of sp³-hybridized carbons (Fsp3) is 0.600. The van der Waals surface area contributed by atoms with Crippen molar-refractivity contribution in [3.63, 3.8) is 0 Å². The fourth-order valence-electron chi connectivity index (χ4n) is 2.05. The minimum absolute atomic E-state index is 0.186. The Labute approximate surface area is 90.2 Å². The average molecular weight is 232 g/mol. The maximum absolute atomic E-state index is 12.7. The van der Waals surface area contributed by atoms with Crippen molar-refractivity contribution in [1.29, 1.82) is 0 Å². The molecule has 0 aliphatic heterocycles. The van der Waals surface area contributed by atoms with E-state index in [9.17, 15) is 18.0 Å². The van der Waals surface area contributed by atoms with Gasteiger partial charge in [0.1, 0.15) is 0 Å². The lowest BCUT2D eigenvalue weighted by Gasteiger charge is -2.13. The van der Waals surface area contributed by atoms with Crippen LogP contribution in [0.15, 0.2) is 0 Å².